The zero-order valence-electron chi connectivity index (χ0n) is 6.64. The second-order valence-corrected chi connectivity index (χ2v) is 3.76. The van der Waals surface area contributed by atoms with Crippen LogP contribution in [-0.2, 0) is 0 Å². The van der Waals surface area contributed by atoms with Gasteiger partial charge in [0.25, 0.3) is 0 Å². The molecule has 0 fully saturated rings. The molecule has 0 radical (unpaired) electrons. The van der Waals surface area contributed by atoms with Gasteiger partial charge in [-0.2, -0.15) is 0 Å². The monoisotopic (exact) mass is 264 g/mol. The van der Waals surface area contributed by atoms with Crippen LogP contribution in [0.3, 0.4) is 0 Å². The largest absolute Gasteiger partial charge is 0.506 e. The minimum Gasteiger partial charge on any atom is -0.506 e. The molecule has 70 valence electrons. The summed E-state index contributed by atoms with van der Waals surface area (Å²) < 4.78 is 0.361. The van der Waals surface area contributed by atoms with Crippen LogP contribution < -0.4 is 0 Å². The highest BCUT2D eigenvalue weighted by Crippen LogP contribution is 2.34. The highest BCUT2D eigenvalue weighted by atomic mass is 79.9. The fraction of sp³-hybridized carbons (Fsp3) is 0.125. The summed E-state index contributed by atoms with van der Waals surface area (Å²) in [7, 11) is 0. The normalized spacial score (nSPS) is 10.1. The van der Waals surface area contributed by atoms with Crippen molar-refractivity contribution in [1.29, 1.82) is 0 Å². The van der Waals surface area contributed by atoms with E-state index in [1.54, 1.807) is 0 Å². The van der Waals surface area contributed by atoms with Gasteiger partial charge in [0.2, 0.25) is 0 Å². The molecule has 1 aromatic rings. The van der Waals surface area contributed by atoms with Gasteiger partial charge < -0.3 is 10.2 Å². The lowest BCUT2D eigenvalue weighted by molar-refractivity contribution is 0.0694. The van der Waals surface area contributed by atoms with E-state index in [1.165, 1.54) is 13.0 Å². The number of benzene rings is 1. The number of hydrogen-bond donors (Lipinski definition) is 2. The van der Waals surface area contributed by atoms with E-state index in [-0.39, 0.29) is 21.9 Å². The van der Waals surface area contributed by atoms with Crippen molar-refractivity contribution in [2.45, 2.75) is 6.92 Å². The Morgan fingerprint density at radius 3 is 2.62 bits per heavy atom. The fourth-order valence-corrected chi connectivity index (χ4v) is 2.07. The van der Waals surface area contributed by atoms with Gasteiger partial charge in [0.15, 0.2) is 0 Å². The summed E-state index contributed by atoms with van der Waals surface area (Å²) in [4.78, 5) is 10.7. The number of rotatable bonds is 1. The number of carboxylic acid groups (broad SMARTS) is 1. The van der Waals surface area contributed by atoms with Gasteiger partial charge in [0.1, 0.15) is 5.75 Å². The first-order chi connectivity index (χ1) is 5.95. The van der Waals surface area contributed by atoms with E-state index < -0.39 is 5.97 Å². The van der Waals surface area contributed by atoms with Gasteiger partial charge in [-0.15, -0.1) is 0 Å². The molecule has 1 aromatic carbocycles. The second-order valence-electron chi connectivity index (χ2n) is 2.49. The lowest BCUT2D eigenvalue weighted by Gasteiger charge is -2.07. The molecule has 0 aromatic heterocycles. The minimum atomic E-state index is -1.10. The smallest absolute Gasteiger partial charge is 0.337 e. The first-order valence-electron chi connectivity index (χ1n) is 3.36. The molecular formula is C8H6BrClO3. The third-order valence-corrected chi connectivity index (χ3v) is 2.58. The number of aromatic carboxylic acids is 1. The molecule has 0 heterocycles. The van der Waals surface area contributed by atoms with E-state index in [9.17, 15) is 9.90 Å². The number of hydrogen-bond acceptors (Lipinski definition) is 2. The Labute approximate surface area is 88.1 Å². The minimum absolute atomic E-state index is 0.0295. The molecule has 1 rings (SSSR count). The lowest BCUT2D eigenvalue weighted by atomic mass is 10.1. The average Bonchev–Trinajstić information content (AvgIpc) is 1.99. The Morgan fingerprint density at radius 2 is 2.15 bits per heavy atom. The molecule has 0 atom stereocenters. The maximum absolute atomic E-state index is 10.7. The fourth-order valence-electron chi connectivity index (χ4n) is 0.991. The van der Waals surface area contributed by atoms with Crippen molar-refractivity contribution in [3.8, 4) is 5.75 Å². The molecule has 2 N–H and O–H groups in total. The SMILES string of the molecule is Cc1c(O)c(Cl)cc(Br)c1C(=O)O. The Kier molecular flexibility index (Phi) is 2.83. The molecule has 0 saturated carbocycles. The third-order valence-electron chi connectivity index (χ3n) is 1.66. The van der Waals surface area contributed by atoms with Crippen molar-refractivity contribution in [1.82, 2.24) is 0 Å². The molecule has 0 aliphatic carbocycles. The Morgan fingerprint density at radius 1 is 1.62 bits per heavy atom. The van der Waals surface area contributed by atoms with E-state index >= 15 is 0 Å². The van der Waals surface area contributed by atoms with Crippen molar-refractivity contribution in [3.63, 3.8) is 0 Å². The van der Waals surface area contributed by atoms with Crippen molar-refractivity contribution < 1.29 is 15.0 Å². The first-order valence-corrected chi connectivity index (χ1v) is 4.53. The van der Waals surface area contributed by atoms with Crippen molar-refractivity contribution in [3.05, 3.63) is 26.7 Å². The van der Waals surface area contributed by atoms with Crippen LogP contribution in [0, 0.1) is 6.92 Å². The van der Waals surface area contributed by atoms with Crippen LogP contribution in [0.25, 0.3) is 0 Å². The Bertz CT molecular complexity index is 376. The summed E-state index contributed by atoms with van der Waals surface area (Å²) in [6.07, 6.45) is 0. The topological polar surface area (TPSA) is 57.5 Å². The molecule has 0 unspecified atom stereocenters. The average molecular weight is 265 g/mol. The zero-order valence-corrected chi connectivity index (χ0v) is 8.98. The second kappa shape index (κ2) is 3.55. The standard InChI is InChI=1S/C8H6BrClO3/c1-3-6(8(12)13)4(9)2-5(10)7(3)11/h2,11H,1H3,(H,12,13). The molecule has 0 aliphatic rings. The van der Waals surface area contributed by atoms with Crippen LogP contribution >= 0.6 is 27.5 Å². The predicted molar refractivity (Wildman–Crippen MR) is 52.5 cm³/mol. The van der Waals surface area contributed by atoms with Gasteiger partial charge in [-0.3, -0.25) is 0 Å². The van der Waals surface area contributed by atoms with E-state index in [1.807, 2.05) is 0 Å². The number of halogens is 2. The molecule has 13 heavy (non-hydrogen) atoms. The van der Waals surface area contributed by atoms with E-state index in [0.29, 0.717) is 4.47 Å². The number of phenols is 1. The molecule has 0 amide bonds. The molecule has 3 nitrogen and oxygen atoms in total. The van der Waals surface area contributed by atoms with Gasteiger partial charge in [0.05, 0.1) is 10.6 Å². The summed E-state index contributed by atoms with van der Waals surface area (Å²) in [5.74, 6) is -1.29. The summed E-state index contributed by atoms with van der Waals surface area (Å²) in [6.45, 7) is 1.50. The quantitative estimate of drug-likeness (QED) is 0.821. The number of phenolic OH excluding ortho intramolecular Hbond substituents is 1. The van der Waals surface area contributed by atoms with Crippen LogP contribution in [-0.4, -0.2) is 16.2 Å². The molecule has 0 bridgehead atoms. The van der Waals surface area contributed by atoms with Crippen LogP contribution in [0.2, 0.25) is 5.02 Å². The van der Waals surface area contributed by atoms with Crippen LogP contribution in [0.15, 0.2) is 10.5 Å². The maximum atomic E-state index is 10.7. The summed E-state index contributed by atoms with van der Waals surface area (Å²) >= 11 is 8.68. The van der Waals surface area contributed by atoms with E-state index in [0.717, 1.165) is 0 Å². The molecule has 5 heteroatoms. The van der Waals surface area contributed by atoms with Gasteiger partial charge in [-0.05, 0) is 28.9 Å². The summed E-state index contributed by atoms with van der Waals surface area (Å²) in [6, 6.07) is 1.35. The van der Waals surface area contributed by atoms with E-state index in [2.05, 4.69) is 15.9 Å². The first kappa shape index (κ1) is 10.3. The molecular weight excluding hydrogens is 259 g/mol. The number of carboxylic acids is 1. The van der Waals surface area contributed by atoms with Gasteiger partial charge in [-0.25, -0.2) is 4.79 Å². The van der Waals surface area contributed by atoms with E-state index in [4.69, 9.17) is 16.7 Å². The highest BCUT2D eigenvalue weighted by molar-refractivity contribution is 9.10. The number of aromatic hydroxyl groups is 1. The van der Waals surface area contributed by atoms with Crippen molar-refractivity contribution in [2.75, 3.05) is 0 Å². The highest BCUT2D eigenvalue weighted by Gasteiger charge is 2.17. The van der Waals surface area contributed by atoms with Crippen LogP contribution in [0.5, 0.6) is 5.75 Å². The third kappa shape index (κ3) is 1.78. The van der Waals surface area contributed by atoms with Crippen LogP contribution in [0.4, 0.5) is 0 Å². The zero-order chi connectivity index (χ0) is 10.2. The van der Waals surface area contributed by atoms with Crippen molar-refractivity contribution >= 4 is 33.5 Å². The Balaban J connectivity index is 3.53. The van der Waals surface area contributed by atoms with Gasteiger partial charge >= 0.3 is 5.97 Å². The van der Waals surface area contributed by atoms with Crippen LogP contribution in [0.1, 0.15) is 15.9 Å². The van der Waals surface area contributed by atoms with Gasteiger partial charge in [0, 0.05) is 10.0 Å². The van der Waals surface area contributed by atoms with Crippen molar-refractivity contribution in [2.24, 2.45) is 0 Å². The molecule has 0 saturated heterocycles. The van der Waals surface area contributed by atoms with Gasteiger partial charge in [-0.1, -0.05) is 11.6 Å². The summed E-state index contributed by atoms with van der Waals surface area (Å²) in [5, 5.41) is 18.3. The molecule has 0 aliphatic heterocycles. The Hall–Kier alpha value is -0.740. The maximum Gasteiger partial charge on any atom is 0.337 e. The summed E-state index contributed by atoms with van der Waals surface area (Å²) in [5.41, 5.74) is 0.286. The lowest BCUT2D eigenvalue weighted by Crippen LogP contribution is -2.01. The number of carbonyl (C=O) groups is 1. The molecule has 0 spiro atoms. The predicted octanol–water partition coefficient (Wildman–Crippen LogP) is 2.81.